The van der Waals surface area contributed by atoms with Crippen LogP contribution in [0.3, 0.4) is 0 Å². The van der Waals surface area contributed by atoms with Crippen LogP contribution in [0.5, 0.6) is 0 Å². The molecule has 0 radical (unpaired) electrons. The van der Waals surface area contributed by atoms with E-state index in [0.717, 1.165) is 35.9 Å². The number of rotatable bonds is 6. The molecule has 0 saturated heterocycles. The van der Waals surface area contributed by atoms with Crippen LogP contribution >= 0.6 is 0 Å². The molecular formula is C23H24N4O. The number of nitrogens with zero attached hydrogens (tertiary/aromatic N) is 2. The molecule has 4 rings (SSSR count). The third-order valence-electron chi connectivity index (χ3n) is 4.96. The van der Waals surface area contributed by atoms with E-state index in [4.69, 9.17) is 0 Å². The lowest BCUT2D eigenvalue weighted by Gasteiger charge is -2.13. The molecule has 142 valence electrons. The molecule has 2 N–H and O–H groups in total. The molecule has 0 saturated carbocycles. The molecule has 2 aromatic carbocycles. The van der Waals surface area contributed by atoms with Gasteiger partial charge in [0.15, 0.2) is 0 Å². The number of anilines is 2. The van der Waals surface area contributed by atoms with Crippen LogP contribution in [0.4, 0.5) is 11.5 Å². The minimum Gasteiger partial charge on any atom is -0.349 e. The molecule has 1 aliphatic rings. The van der Waals surface area contributed by atoms with Gasteiger partial charge in [-0.3, -0.25) is 4.79 Å². The molecular weight excluding hydrogens is 348 g/mol. The molecule has 0 bridgehead atoms. The molecule has 0 spiro atoms. The van der Waals surface area contributed by atoms with Crippen molar-refractivity contribution >= 4 is 28.3 Å². The summed E-state index contributed by atoms with van der Waals surface area (Å²) in [7, 11) is 0. The lowest BCUT2D eigenvalue weighted by atomic mass is 9.97. The lowest BCUT2D eigenvalue weighted by Crippen LogP contribution is -2.27. The standard InChI is InChI=1S/C23H24N4O/c28-23(24-16-15-17-9-3-1-4-10-17)22-26-20-14-8-7-13-19(20)21(27-22)25-18-11-5-2-6-12-18/h2,5-9,11-14H,1,3-4,10,15-16H2,(H,24,28)(H,25,26,27). The zero-order valence-electron chi connectivity index (χ0n) is 15.8. The normalized spacial score (nSPS) is 13.8. The van der Waals surface area contributed by atoms with Crippen molar-refractivity contribution in [2.45, 2.75) is 32.1 Å². The maximum absolute atomic E-state index is 12.7. The zero-order valence-corrected chi connectivity index (χ0v) is 15.8. The predicted molar refractivity (Wildman–Crippen MR) is 113 cm³/mol. The van der Waals surface area contributed by atoms with Crippen molar-refractivity contribution in [3.8, 4) is 0 Å². The molecule has 28 heavy (non-hydrogen) atoms. The molecule has 0 unspecified atom stereocenters. The summed E-state index contributed by atoms with van der Waals surface area (Å²) in [5.74, 6) is 0.588. The smallest absolute Gasteiger partial charge is 0.289 e. The minimum atomic E-state index is -0.238. The van der Waals surface area contributed by atoms with Crippen molar-refractivity contribution in [3.05, 3.63) is 72.1 Å². The van der Waals surface area contributed by atoms with E-state index >= 15 is 0 Å². The van der Waals surface area contributed by atoms with Gasteiger partial charge in [-0.2, -0.15) is 0 Å². The van der Waals surface area contributed by atoms with E-state index in [1.165, 1.54) is 18.4 Å². The maximum atomic E-state index is 12.7. The highest BCUT2D eigenvalue weighted by atomic mass is 16.2. The van der Waals surface area contributed by atoms with Crippen LogP contribution < -0.4 is 10.6 Å². The maximum Gasteiger partial charge on any atom is 0.289 e. The number of benzene rings is 2. The quantitative estimate of drug-likeness (QED) is 0.598. The Kier molecular flexibility index (Phi) is 5.61. The van der Waals surface area contributed by atoms with Gasteiger partial charge in [0, 0.05) is 17.6 Å². The second-order valence-corrected chi connectivity index (χ2v) is 7.02. The molecule has 1 amide bonds. The first-order chi connectivity index (χ1) is 13.8. The van der Waals surface area contributed by atoms with Crippen LogP contribution in [0.25, 0.3) is 10.9 Å². The second kappa shape index (κ2) is 8.65. The average Bonchev–Trinajstić information content (AvgIpc) is 2.75. The number of hydrogen-bond donors (Lipinski definition) is 2. The first-order valence-electron chi connectivity index (χ1n) is 9.84. The number of fused-ring (bicyclic) bond motifs is 1. The SMILES string of the molecule is O=C(NCCC1=CCCCC1)c1nc(Nc2ccccc2)c2ccccc2n1. The number of allylic oxidation sites excluding steroid dienone is 1. The first kappa shape index (κ1) is 18.2. The van der Waals surface area contributed by atoms with Gasteiger partial charge in [0.25, 0.3) is 5.91 Å². The highest BCUT2D eigenvalue weighted by Gasteiger charge is 2.14. The summed E-state index contributed by atoms with van der Waals surface area (Å²) in [6, 6.07) is 17.5. The molecule has 1 aliphatic carbocycles. The van der Waals surface area contributed by atoms with Crippen LogP contribution in [-0.4, -0.2) is 22.4 Å². The first-order valence-corrected chi connectivity index (χ1v) is 9.84. The fourth-order valence-corrected chi connectivity index (χ4v) is 3.48. The van der Waals surface area contributed by atoms with Gasteiger partial charge in [-0.1, -0.05) is 42.0 Å². The van der Waals surface area contributed by atoms with Gasteiger partial charge < -0.3 is 10.6 Å². The van der Waals surface area contributed by atoms with Crippen LogP contribution in [0.1, 0.15) is 42.7 Å². The number of amides is 1. The summed E-state index contributed by atoms with van der Waals surface area (Å²) >= 11 is 0. The third kappa shape index (κ3) is 4.36. The zero-order chi connectivity index (χ0) is 19.2. The Labute approximate surface area is 164 Å². The number of nitrogens with one attached hydrogen (secondary N) is 2. The van der Waals surface area contributed by atoms with Crippen molar-refractivity contribution in [3.63, 3.8) is 0 Å². The molecule has 0 aliphatic heterocycles. The fourth-order valence-electron chi connectivity index (χ4n) is 3.48. The minimum absolute atomic E-state index is 0.190. The number of carbonyl (C=O) groups excluding carboxylic acids is 1. The van der Waals surface area contributed by atoms with Gasteiger partial charge >= 0.3 is 0 Å². The Morgan fingerprint density at radius 1 is 0.964 bits per heavy atom. The van der Waals surface area contributed by atoms with E-state index in [0.29, 0.717) is 12.4 Å². The van der Waals surface area contributed by atoms with E-state index < -0.39 is 0 Å². The Morgan fingerprint density at radius 2 is 1.79 bits per heavy atom. The predicted octanol–water partition coefficient (Wildman–Crippen LogP) is 4.99. The van der Waals surface area contributed by atoms with E-state index in [2.05, 4.69) is 26.7 Å². The monoisotopic (exact) mass is 372 g/mol. The molecule has 0 fully saturated rings. The van der Waals surface area contributed by atoms with E-state index in [1.54, 1.807) is 0 Å². The number of aromatic nitrogens is 2. The van der Waals surface area contributed by atoms with Crippen LogP contribution in [0.2, 0.25) is 0 Å². The number of para-hydroxylation sites is 2. The molecule has 1 aromatic heterocycles. The van der Waals surface area contributed by atoms with Gasteiger partial charge in [-0.15, -0.1) is 0 Å². The van der Waals surface area contributed by atoms with E-state index in [-0.39, 0.29) is 11.7 Å². The molecule has 5 heteroatoms. The summed E-state index contributed by atoms with van der Waals surface area (Å²) in [4.78, 5) is 21.6. The van der Waals surface area contributed by atoms with Crippen molar-refractivity contribution in [1.29, 1.82) is 0 Å². The fraction of sp³-hybridized carbons (Fsp3) is 0.261. The van der Waals surface area contributed by atoms with Crippen molar-refractivity contribution in [2.75, 3.05) is 11.9 Å². The number of hydrogen-bond acceptors (Lipinski definition) is 4. The van der Waals surface area contributed by atoms with Crippen molar-refractivity contribution in [2.24, 2.45) is 0 Å². The van der Waals surface area contributed by atoms with Gasteiger partial charge in [0.05, 0.1) is 5.52 Å². The van der Waals surface area contributed by atoms with Gasteiger partial charge in [-0.25, -0.2) is 9.97 Å². The van der Waals surface area contributed by atoms with Crippen molar-refractivity contribution in [1.82, 2.24) is 15.3 Å². The van der Waals surface area contributed by atoms with E-state index in [1.807, 2.05) is 54.6 Å². The Morgan fingerprint density at radius 3 is 2.61 bits per heavy atom. The molecule has 5 nitrogen and oxygen atoms in total. The van der Waals surface area contributed by atoms with E-state index in [9.17, 15) is 4.79 Å². The van der Waals surface area contributed by atoms with Gasteiger partial charge in [-0.05, 0) is 56.4 Å². The molecule has 1 heterocycles. The highest BCUT2D eigenvalue weighted by molar-refractivity contribution is 5.97. The van der Waals surface area contributed by atoms with Crippen LogP contribution in [0, 0.1) is 0 Å². The Bertz CT molecular complexity index is 998. The second-order valence-electron chi connectivity index (χ2n) is 7.02. The van der Waals surface area contributed by atoms with Crippen LogP contribution in [-0.2, 0) is 0 Å². The van der Waals surface area contributed by atoms with Gasteiger partial charge in [0.2, 0.25) is 5.82 Å². The molecule has 3 aromatic rings. The van der Waals surface area contributed by atoms with Gasteiger partial charge in [0.1, 0.15) is 5.82 Å². The summed E-state index contributed by atoms with van der Waals surface area (Å²) in [6.45, 7) is 0.613. The largest absolute Gasteiger partial charge is 0.349 e. The lowest BCUT2D eigenvalue weighted by molar-refractivity contribution is 0.0944. The summed E-state index contributed by atoms with van der Waals surface area (Å²) < 4.78 is 0. The summed E-state index contributed by atoms with van der Waals surface area (Å²) in [5, 5.41) is 7.16. The summed E-state index contributed by atoms with van der Waals surface area (Å²) in [6.07, 6.45) is 8.04. The highest BCUT2D eigenvalue weighted by Crippen LogP contribution is 2.24. The summed E-state index contributed by atoms with van der Waals surface area (Å²) in [5.41, 5.74) is 3.11. The molecule has 0 atom stereocenters. The average molecular weight is 372 g/mol. The number of carbonyl (C=O) groups is 1. The Hall–Kier alpha value is -3.21. The van der Waals surface area contributed by atoms with Crippen molar-refractivity contribution < 1.29 is 4.79 Å². The third-order valence-corrected chi connectivity index (χ3v) is 4.96. The Balaban J connectivity index is 1.53. The topological polar surface area (TPSA) is 66.9 Å². The van der Waals surface area contributed by atoms with Crippen LogP contribution in [0.15, 0.2) is 66.2 Å².